The van der Waals surface area contributed by atoms with Crippen LogP contribution < -0.4 is 10.1 Å². The number of hydrogen-bond acceptors (Lipinski definition) is 5. The molecule has 10 rings (SSSR count). The van der Waals surface area contributed by atoms with Crippen molar-refractivity contribution in [3.8, 4) is 17.0 Å². The number of carbonyl (C=O) groups excluding carboxylic acids is 1. The number of ether oxygens (including phenoxy) is 1. The van der Waals surface area contributed by atoms with Gasteiger partial charge in [0.15, 0.2) is 5.69 Å². The molecule has 302 valence electrons. The van der Waals surface area contributed by atoms with E-state index < -0.39 is 46.7 Å². The maximum atomic E-state index is 14.8. The van der Waals surface area contributed by atoms with E-state index in [1.165, 1.54) is 6.07 Å². The van der Waals surface area contributed by atoms with E-state index in [4.69, 9.17) is 4.74 Å². The number of carbonyl (C=O) groups is 2. The number of rotatable bonds is 8. The largest absolute Gasteiger partial charge is 0.490 e. The van der Waals surface area contributed by atoms with Crippen LogP contribution in [0.1, 0.15) is 106 Å². The highest BCUT2D eigenvalue weighted by Crippen LogP contribution is 2.58. The number of alkyl halides is 7. The molecule has 1 amide bonds. The highest BCUT2D eigenvalue weighted by molar-refractivity contribution is 6.00. The number of halogens is 7. The van der Waals surface area contributed by atoms with Gasteiger partial charge in [0.1, 0.15) is 11.3 Å². The van der Waals surface area contributed by atoms with E-state index >= 15 is 0 Å². The number of hydrogen-bond donors (Lipinski definition) is 2. The molecule has 2 N–H and O–H groups in total. The topological polar surface area (TPSA) is 96.7 Å². The number of nitrogens with zero attached hydrogens (tertiary/aromatic N) is 3. The summed E-state index contributed by atoms with van der Waals surface area (Å²) in [6.45, 7) is -0.455. The number of carboxylic acid groups (broad SMARTS) is 1. The number of amides is 1. The zero-order chi connectivity index (χ0) is 39.4. The Morgan fingerprint density at radius 1 is 0.821 bits per heavy atom. The fourth-order valence-corrected chi connectivity index (χ4v) is 11.4. The minimum Gasteiger partial charge on any atom is -0.490 e. The number of carboxylic acids is 1. The lowest BCUT2D eigenvalue weighted by atomic mass is 9.48. The Hall–Kier alpha value is -3.88. The molecule has 8 nitrogen and oxygen atoms in total. The molecule has 2 aromatic heterocycles. The van der Waals surface area contributed by atoms with E-state index in [0.717, 1.165) is 12.5 Å². The van der Waals surface area contributed by atoms with Crippen LogP contribution in [0, 0.1) is 23.7 Å². The lowest BCUT2D eigenvalue weighted by Gasteiger charge is -2.59. The van der Waals surface area contributed by atoms with E-state index in [-0.39, 0.29) is 74.5 Å². The van der Waals surface area contributed by atoms with Gasteiger partial charge in [0.05, 0.1) is 36.0 Å². The van der Waals surface area contributed by atoms with Gasteiger partial charge >= 0.3 is 12.1 Å². The number of aromatic nitrogens is 2. The van der Waals surface area contributed by atoms with Gasteiger partial charge in [0.2, 0.25) is 5.92 Å². The summed E-state index contributed by atoms with van der Waals surface area (Å²) in [6, 6.07) is 7.24. The van der Waals surface area contributed by atoms with Crippen LogP contribution in [0.15, 0.2) is 36.5 Å². The van der Waals surface area contributed by atoms with Gasteiger partial charge < -0.3 is 19.7 Å². The van der Waals surface area contributed by atoms with E-state index in [1.54, 1.807) is 29.3 Å². The summed E-state index contributed by atoms with van der Waals surface area (Å²) in [6.07, 6.45) is 2.23. The number of likely N-dealkylation sites (tertiary alicyclic amines) is 1. The SMILES string of the molecule is O=C(NC1(C(=O)O)C2CC3CC(C2)CC1C3)c1ccc(-c2cn(C3CCC(F)(F)CC3)c3cc(O[C@H]4CC[C@@H](N5CC(F)(F)C5)CC4)ccc23)nc1C(F)(F)F. The highest BCUT2D eigenvalue weighted by atomic mass is 19.4. The Bertz CT molecular complexity index is 1990. The van der Waals surface area contributed by atoms with E-state index in [9.17, 15) is 45.4 Å². The van der Waals surface area contributed by atoms with Crippen molar-refractivity contribution in [2.45, 2.75) is 125 Å². The molecule has 0 radical (unpaired) electrons. The van der Waals surface area contributed by atoms with Gasteiger partial charge in [0, 0.05) is 48.1 Å². The molecule has 3 heterocycles. The van der Waals surface area contributed by atoms with Crippen molar-refractivity contribution in [1.82, 2.24) is 19.8 Å². The fraction of sp³-hybridized carbons (Fsp3) is 0.634. The second-order valence-electron chi connectivity index (χ2n) is 17.5. The lowest BCUT2D eigenvalue weighted by Crippen LogP contribution is -2.70. The summed E-state index contributed by atoms with van der Waals surface area (Å²) >= 11 is 0. The van der Waals surface area contributed by atoms with Crippen LogP contribution >= 0.6 is 0 Å². The van der Waals surface area contributed by atoms with Crippen molar-refractivity contribution in [2.75, 3.05) is 13.1 Å². The summed E-state index contributed by atoms with van der Waals surface area (Å²) in [5, 5.41) is 13.6. The van der Waals surface area contributed by atoms with Crippen molar-refractivity contribution in [2.24, 2.45) is 23.7 Å². The smallest absolute Gasteiger partial charge is 0.434 e. The van der Waals surface area contributed by atoms with Gasteiger partial charge in [-0.05, 0) is 119 Å². The maximum absolute atomic E-state index is 14.8. The molecule has 7 fully saturated rings. The summed E-state index contributed by atoms with van der Waals surface area (Å²) < 4.78 is 108. The average molecular weight is 791 g/mol. The molecular weight excluding hydrogens is 745 g/mol. The van der Waals surface area contributed by atoms with E-state index in [0.29, 0.717) is 85.4 Å². The molecule has 6 saturated carbocycles. The molecule has 3 aromatic rings. The van der Waals surface area contributed by atoms with Crippen LogP contribution in [-0.2, 0) is 11.0 Å². The Morgan fingerprint density at radius 3 is 2.05 bits per heavy atom. The first-order valence-electron chi connectivity index (χ1n) is 19.9. The number of pyridine rings is 1. The van der Waals surface area contributed by atoms with Crippen LogP contribution in [0.3, 0.4) is 0 Å². The third-order valence-electron chi connectivity index (χ3n) is 14.0. The Labute approximate surface area is 319 Å². The zero-order valence-electron chi connectivity index (χ0n) is 30.8. The van der Waals surface area contributed by atoms with Crippen LogP contribution in [0.25, 0.3) is 22.2 Å². The van der Waals surface area contributed by atoms with E-state index in [1.807, 2.05) is 4.57 Å². The first-order valence-corrected chi connectivity index (χ1v) is 19.9. The van der Waals surface area contributed by atoms with E-state index in [2.05, 4.69) is 10.3 Å². The second-order valence-corrected chi connectivity index (χ2v) is 17.5. The third kappa shape index (κ3) is 6.62. The summed E-state index contributed by atoms with van der Waals surface area (Å²) in [5.41, 5.74) is -3.04. The number of fused-ring (bicyclic) bond motifs is 1. The summed E-state index contributed by atoms with van der Waals surface area (Å²) in [7, 11) is 0. The zero-order valence-corrected chi connectivity index (χ0v) is 30.8. The molecule has 1 saturated heterocycles. The molecule has 1 aromatic carbocycles. The third-order valence-corrected chi connectivity index (χ3v) is 14.0. The minimum absolute atomic E-state index is 0.0726. The van der Waals surface area contributed by atoms with Gasteiger partial charge in [0.25, 0.3) is 11.8 Å². The lowest BCUT2D eigenvalue weighted by molar-refractivity contribution is -0.163. The molecule has 56 heavy (non-hydrogen) atoms. The predicted molar refractivity (Wildman–Crippen MR) is 191 cm³/mol. The fourth-order valence-electron chi connectivity index (χ4n) is 11.4. The Kier molecular flexibility index (Phi) is 8.98. The molecule has 0 unspecified atom stereocenters. The van der Waals surface area contributed by atoms with Crippen molar-refractivity contribution in [3.05, 3.63) is 47.8 Å². The Balaban J connectivity index is 1.02. The first-order chi connectivity index (χ1) is 26.5. The van der Waals surface area contributed by atoms with Gasteiger partial charge in [-0.25, -0.2) is 27.3 Å². The van der Waals surface area contributed by atoms with Gasteiger partial charge in [-0.1, -0.05) is 0 Å². The molecule has 0 atom stereocenters. The van der Waals surface area contributed by atoms with Crippen LogP contribution in [0.5, 0.6) is 5.75 Å². The summed E-state index contributed by atoms with van der Waals surface area (Å²) in [4.78, 5) is 32.5. The van der Waals surface area contributed by atoms with Crippen LogP contribution in [0.4, 0.5) is 30.7 Å². The highest BCUT2D eigenvalue weighted by Gasteiger charge is 2.62. The number of benzene rings is 1. The van der Waals surface area contributed by atoms with Gasteiger partial charge in [-0.3, -0.25) is 9.69 Å². The van der Waals surface area contributed by atoms with Crippen molar-refractivity contribution >= 4 is 22.8 Å². The van der Waals surface area contributed by atoms with Crippen molar-refractivity contribution in [3.63, 3.8) is 0 Å². The average Bonchev–Trinajstić information content (AvgIpc) is 3.50. The molecule has 7 aliphatic rings. The maximum Gasteiger partial charge on any atom is 0.434 e. The van der Waals surface area contributed by atoms with Crippen molar-refractivity contribution in [1.29, 1.82) is 0 Å². The molecular formula is C41H45F7N4O4. The number of aliphatic carboxylic acids is 1. The molecule has 15 heteroatoms. The molecule has 1 aliphatic heterocycles. The molecule has 6 aliphatic carbocycles. The van der Waals surface area contributed by atoms with Crippen LogP contribution in [0.2, 0.25) is 0 Å². The monoisotopic (exact) mass is 790 g/mol. The molecule has 0 spiro atoms. The standard InChI is InChI=1S/C41H45F7N4O4/c42-38(43)11-9-27(10-12-38)52-19-32(30-6-5-29(18-34(30)52)56-28-3-1-26(2-4-28)51-20-39(44,45)21-51)33-8-7-31(35(49-33)41(46,47)48)36(53)50-40(37(54)55)24-14-22-13-23(16-24)17-25(40)15-22/h5-8,18-19,22-28H,1-4,9-17,20-21H2,(H,50,53)(H,54,55)/t22?,23?,24?,25?,26-,28+,40?. The quantitative estimate of drug-likeness (QED) is 0.221. The number of nitrogens with one attached hydrogen (secondary N) is 1. The first kappa shape index (κ1) is 37.7. The normalized spacial score (nSPS) is 32.6. The van der Waals surface area contributed by atoms with Crippen LogP contribution in [-0.4, -0.2) is 74.1 Å². The van der Waals surface area contributed by atoms with Crippen molar-refractivity contribution < 1.29 is 50.2 Å². The second kappa shape index (κ2) is 13.3. The predicted octanol–water partition coefficient (Wildman–Crippen LogP) is 9.12. The minimum atomic E-state index is -5.06. The van der Waals surface area contributed by atoms with Gasteiger partial charge in [-0.15, -0.1) is 0 Å². The van der Waals surface area contributed by atoms with Gasteiger partial charge in [-0.2, -0.15) is 13.2 Å². The Morgan fingerprint density at radius 2 is 1.46 bits per heavy atom. The molecule has 4 bridgehead atoms. The summed E-state index contributed by atoms with van der Waals surface area (Å²) in [5.74, 6) is -7.30.